The summed E-state index contributed by atoms with van der Waals surface area (Å²) in [7, 11) is 0. The van der Waals surface area contributed by atoms with Crippen molar-refractivity contribution >= 4 is 46.3 Å². The number of esters is 3. The van der Waals surface area contributed by atoms with Gasteiger partial charge in [0.2, 0.25) is 5.91 Å². The number of thioether (sulfide) groups is 1. The van der Waals surface area contributed by atoms with Gasteiger partial charge in [-0.1, -0.05) is 49.0 Å². The summed E-state index contributed by atoms with van der Waals surface area (Å²) in [6, 6.07) is 13.0. The Morgan fingerprint density at radius 3 is 2.22 bits per heavy atom. The maximum Gasteiger partial charge on any atom is 0.303 e. The highest BCUT2D eigenvalue weighted by Gasteiger charge is 2.51. The van der Waals surface area contributed by atoms with Crippen molar-refractivity contribution in [2.45, 2.75) is 75.2 Å². The van der Waals surface area contributed by atoms with Gasteiger partial charge in [0.15, 0.2) is 12.2 Å². The molecule has 3 rings (SSSR count). The Labute approximate surface area is 214 Å². The Hall–Kier alpha value is -3.11. The third-order valence-electron chi connectivity index (χ3n) is 5.48. The fourth-order valence-electron chi connectivity index (χ4n) is 4.02. The van der Waals surface area contributed by atoms with Crippen LogP contribution in [0.5, 0.6) is 0 Å². The number of benzene rings is 2. The smallest absolute Gasteiger partial charge is 0.303 e. The molecule has 0 aromatic heterocycles. The minimum absolute atomic E-state index is 0.227. The van der Waals surface area contributed by atoms with Gasteiger partial charge in [0.25, 0.3) is 0 Å². The van der Waals surface area contributed by atoms with Crippen LogP contribution in [-0.4, -0.2) is 60.2 Å². The standard InChI is InChI=1S/C26H31NO8S/c1-5-8-22(31)27-23-25(34-17(4)30)24(33-16(3)29)21(14-32-15(2)28)35-26(23)36-20-12-11-18-9-6-7-10-19(18)13-20/h6-7,9-13,21,23-26H,5,8,14H2,1-4H3,(H,27,31)/t21-,23-,24-,25-,26+/m1/s1. The van der Waals surface area contributed by atoms with Crippen LogP contribution in [0.2, 0.25) is 0 Å². The molecule has 10 heteroatoms. The Kier molecular flexibility index (Phi) is 9.72. The molecule has 2 aromatic rings. The predicted molar refractivity (Wildman–Crippen MR) is 133 cm³/mol. The Bertz CT molecular complexity index is 1110. The highest BCUT2D eigenvalue weighted by Crippen LogP contribution is 2.37. The number of hydrogen-bond acceptors (Lipinski definition) is 9. The topological polar surface area (TPSA) is 117 Å². The number of fused-ring (bicyclic) bond motifs is 1. The quantitative estimate of drug-likeness (QED) is 0.395. The van der Waals surface area contributed by atoms with E-state index in [-0.39, 0.29) is 18.9 Å². The third-order valence-corrected chi connectivity index (χ3v) is 6.64. The van der Waals surface area contributed by atoms with Crippen molar-refractivity contribution in [3.63, 3.8) is 0 Å². The average Bonchev–Trinajstić information content (AvgIpc) is 2.81. The summed E-state index contributed by atoms with van der Waals surface area (Å²) in [5.74, 6) is -2.05. The van der Waals surface area contributed by atoms with E-state index in [4.69, 9.17) is 18.9 Å². The number of nitrogens with one attached hydrogen (secondary N) is 1. The summed E-state index contributed by atoms with van der Waals surface area (Å²) < 4.78 is 22.5. The maximum absolute atomic E-state index is 12.6. The molecule has 1 fully saturated rings. The molecule has 0 spiro atoms. The molecule has 194 valence electrons. The lowest BCUT2D eigenvalue weighted by Crippen LogP contribution is -2.65. The summed E-state index contributed by atoms with van der Waals surface area (Å²) in [6.07, 6.45) is -2.24. The monoisotopic (exact) mass is 517 g/mol. The third kappa shape index (κ3) is 7.44. The van der Waals surface area contributed by atoms with Crippen molar-refractivity contribution in [1.82, 2.24) is 5.32 Å². The Morgan fingerprint density at radius 1 is 0.917 bits per heavy atom. The number of amides is 1. The molecule has 0 radical (unpaired) electrons. The van der Waals surface area contributed by atoms with Crippen LogP contribution in [0, 0.1) is 0 Å². The second-order valence-corrected chi connectivity index (χ2v) is 9.64. The van der Waals surface area contributed by atoms with Crippen molar-refractivity contribution in [1.29, 1.82) is 0 Å². The first kappa shape index (κ1) is 27.5. The first-order valence-electron chi connectivity index (χ1n) is 11.8. The van der Waals surface area contributed by atoms with Gasteiger partial charge < -0.3 is 24.3 Å². The molecule has 0 aliphatic carbocycles. The van der Waals surface area contributed by atoms with Gasteiger partial charge in [-0.15, -0.1) is 0 Å². The minimum atomic E-state index is -1.11. The van der Waals surface area contributed by atoms with Gasteiger partial charge in [-0.3, -0.25) is 19.2 Å². The zero-order chi connectivity index (χ0) is 26.2. The van der Waals surface area contributed by atoms with E-state index in [0.29, 0.717) is 6.42 Å². The van der Waals surface area contributed by atoms with Crippen molar-refractivity contribution in [2.75, 3.05) is 6.61 Å². The first-order valence-corrected chi connectivity index (χ1v) is 12.6. The van der Waals surface area contributed by atoms with E-state index in [1.54, 1.807) is 0 Å². The van der Waals surface area contributed by atoms with Gasteiger partial charge >= 0.3 is 17.9 Å². The highest BCUT2D eigenvalue weighted by molar-refractivity contribution is 7.99. The van der Waals surface area contributed by atoms with Gasteiger partial charge in [0.05, 0.1) is 0 Å². The molecule has 1 aliphatic rings. The molecule has 2 aromatic carbocycles. The highest BCUT2D eigenvalue weighted by atomic mass is 32.2. The van der Waals surface area contributed by atoms with Gasteiger partial charge in [0, 0.05) is 32.1 Å². The van der Waals surface area contributed by atoms with Crippen molar-refractivity contribution in [2.24, 2.45) is 0 Å². The summed E-state index contributed by atoms with van der Waals surface area (Å²) in [4.78, 5) is 49.0. The fraction of sp³-hybridized carbons (Fsp3) is 0.462. The van der Waals surface area contributed by atoms with Gasteiger partial charge in [-0.05, 0) is 29.3 Å². The zero-order valence-corrected chi connectivity index (χ0v) is 21.5. The molecule has 36 heavy (non-hydrogen) atoms. The lowest BCUT2D eigenvalue weighted by Gasteiger charge is -2.45. The predicted octanol–water partition coefficient (Wildman–Crippen LogP) is 3.37. The van der Waals surface area contributed by atoms with Crippen molar-refractivity contribution in [3.05, 3.63) is 42.5 Å². The second kappa shape index (κ2) is 12.7. The molecule has 1 amide bonds. The lowest BCUT2D eigenvalue weighted by molar-refractivity contribution is -0.211. The van der Waals surface area contributed by atoms with Crippen LogP contribution >= 0.6 is 11.8 Å². The van der Waals surface area contributed by atoms with Crippen LogP contribution in [0.4, 0.5) is 0 Å². The molecule has 0 unspecified atom stereocenters. The zero-order valence-electron chi connectivity index (χ0n) is 20.7. The molecule has 9 nitrogen and oxygen atoms in total. The summed E-state index contributed by atoms with van der Waals surface area (Å²) in [5, 5.41) is 5.00. The number of hydrogen-bond donors (Lipinski definition) is 1. The number of carbonyl (C=O) groups is 4. The second-order valence-electron chi connectivity index (χ2n) is 8.46. The van der Waals surface area contributed by atoms with Gasteiger partial charge in [-0.25, -0.2) is 0 Å². The van der Waals surface area contributed by atoms with Crippen LogP contribution in [0.25, 0.3) is 10.8 Å². The molecular formula is C26H31NO8S. The van der Waals surface area contributed by atoms with Gasteiger partial charge in [0.1, 0.15) is 24.2 Å². The lowest BCUT2D eigenvalue weighted by atomic mass is 9.97. The SMILES string of the molecule is CCCC(=O)N[C@@H]1[C@@H](OC(C)=O)[C@H](OC(C)=O)[C@@H](COC(C)=O)O[C@H]1Sc1ccc2ccccc2c1. The normalized spacial score (nSPS) is 23.5. The van der Waals surface area contributed by atoms with Crippen LogP contribution < -0.4 is 5.32 Å². The molecular weight excluding hydrogens is 486 g/mol. The molecule has 1 aliphatic heterocycles. The molecule has 1 heterocycles. The Morgan fingerprint density at radius 2 is 1.58 bits per heavy atom. The van der Waals surface area contributed by atoms with Crippen LogP contribution in [0.3, 0.4) is 0 Å². The van der Waals surface area contributed by atoms with E-state index in [1.807, 2.05) is 49.4 Å². The van der Waals surface area contributed by atoms with Crippen LogP contribution in [0.1, 0.15) is 40.5 Å². The van der Waals surface area contributed by atoms with E-state index in [2.05, 4.69) is 5.32 Å². The van der Waals surface area contributed by atoms with Crippen molar-refractivity contribution in [3.8, 4) is 0 Å². The van der Waals surface area contributed by atoms with E-state index < -0.39 is 47.7 Å². The van der Waals surface area contributed by atoms with E-state index >= 15 is 0 Å². The number of carbonyl (C=O) groups excluding carboxylic acids is 4. The van der Waals surface area contributed by atoms with E-state index in [1.165, 1.54) is 32.5 Å². The van der Waals surface area contributed by atoms with Crippen LogP contribution in [-0.2, 0) is 38.1 Å². The molecule has 0 bridgehead atoms. The number of rotatable bonds is 9. The molecule has 0 saturated carbocycles. The fourth-order valence-corrected chi connectivity index (χ4v) is 5.19. The summed E-state index contributed by atoms with van der Waals surface area (Å²) in [5.41, 5.74) is -0.747. The van der Waals surface area contributed by atoms with Crippen molar-refractivity contribution < 1.29 is 38.1 Å². The van der Waals surface area contributed by atoms with E-state index in [0.717, 1.165) is 15.7 Å². The minimum Gasteiger partial charge on any atom is -0.463 e. The summed E-state index contributed by atoms with van der Waals surface area (Å²) in [6.45, 7) is 5.35. The maximum atomic E-state index is 12.6. The molecule has 5 atom stereocenters. The average molecular weight is 518 g/mol. The van der Waals surface area contributed by atoms with Crippen LogP contribution in [0.15, 0.2) is 47.4 Å². The summed E-state index contributed by atoms with van der Waals surface area (Å²) >= 11 is 1.33. The van der Waals surface area contributed by atoms with Gasteiger partial charge in [-0.2, -0.15) is 0 Å². The number of ether oxygens (including phenoxy) is 4. The Balaban J connectivity index is 2.00. The molecule has 1 N–H and O–H groups in total. The largest absolute Gasteiger partial charge is 0.463 e. The first-order chi connectivity index (χ1) is 17.2. The molecule has 1 saturated heterocycles. The van der Waals surface area contributed by atoms with E-state index in [9.17, 15) is 19.2 Å².